The van der Waals surface area contributed by atoms with Gasteiger partial charge in [0, 0.05) is 31.9 Å². The Kier molecular flexibility index (Phi) is 6.71. The van der Waals surface area contributed by atoms with Crippen molar-refractivity contribution in [3.63, 3.8) is 0 Å². The molecule has 1 aromatic heterocycles. The van der Waals surface area contributed by atoms with Gasteiger partial charge in [-0.15, -0.1) is 11.3 Å². The fourth-order valence-electron chi connectivity index (χ4n) is 3.22. The van der Waals surface area contributed by atoms with Crippen LogP contribution in [0.4, 0.5) is 10.7 Å². The minimum Gasteiger partial charge on any atom is -0.465 e. The van der Waals surface area contributed by atoms with Crippen molar-refractivity contribution >= 4 is 51.3 Å². The summed E-state index contributed by atoms with van der Waals surface area (Å²) in [5, 5.41) is 4.14. The van der Waals surface area contributed by atoms with Gasteiger partial charge in [-0.05, 0) is 36.8 Å². The Morgan fingerprint density at radius 1 is 1.03 bits per heavy atom. The molecule has 29 heavy (non-hydrogen) atoms. The van der Waals surface area contributed by atoms with Crippen LogP contribution in [-0.4, -0.2) is 62.3 Å². The largest absolute Gasteiger partial charge is 0.465 e. The van der Waals surface area contributed by atoms with Gasteiger partial charge in [-0.2, -0.15) is 0 Å². The van der Waals surface area contributed by atoms with Crippen LogP contribution in [0.2, 0.25) is 0 Å². The summed E-state index contributed by atoms with van der Waals surface area (Å²) in [6, 6.07) is 10.2. The van der Waals surface area contributed by atoms with E-state index in [4.69, 9.17) is 21.7 Å². The van der Waals surface area contributed by atoms with Gasteiger partial charge < -0.3 is 24.6 Å². The normalized spacial score (nSPS) is 13.8. The van der Waals surface area contributed by atoms with E-state index >= 15 is 0 Å². The highest BCUT2D eigenvalue weighted by atomic mass is 32.1. The van der Waals surface area contributed by atoms with Crippen molar-refractivity contribution < 1.29 is 19.1 Å². The average molecular weight is 434 g/mol. The van der Waals surface area contributed by atoms with Crippen molar-refractivity contribution in [1.82, 2.24) is 4.90 Å². The number of thiophene rings is 1. The minimum atomic E-state index is -0.520. The zero-order valence-electron chi connectivity index (χ0n) is 16.6. The summed E-state index contributed by atoms with van der Waals surface area (Å²) < 4.78 is 9.70. The molecule has 7 nitrogen and oxygen atoms in total. The molecular formula is C20H23N3O4S2. The van der Waals surface area contributed by atoms with Crippen LogP contribution in [0.15, 0.2) is 30.3 Å². The molecule has 0 spiro atoms. The maximum absolute atomic E-state index is 12.3. The van der Waals surface area contributed by atoms with Crippen LogP contribution in [0.5, 0.6) is 0 Å². The van der Waals surface area contributed by atoms with E-state index in [-0.39, 0.29) is 0 Å². The van der Waals surface area contributed by atoms with Crippen molar-refractivity contribution in [1.29, 1.82) is 0 Å². The van der Waals surface area contributed by atoms with Crippen molar-refractivity contribution in [2.75, 3.05) is 50.6 Å². The minimum absolute atomic E-state index is 0.308. The van der Waals surface area contributed by atoms with Crippen LogP contribution in [0.1, 0.15) is 25.6 Å². The van der Waals surface area contributed by atoms with Crippen LogP contribution < -0.4 is 10.2 Å². The van der Waals surface area contributed by atoms with E-state index in [9.17, 15) is 9.59 Å². The number of rotatable bonds is 4. The highest BCUT2D eigenvalue weighted by Gasteiger charge is 2.27. The molecule has 1 aliphatic rings. The summed E-state index contributed by atoms with van der Waals surface area (Å²) in [4.78, 5) is 29.0. The van der Waals surface area contributed by atoms with Gasteiger partial charge in [0.15, 0.2) is 5.11 Å². The Hall–Kier alpha value is -2.65. The van der Waals surface area contributed by atoms with Gasteiger partial charge in [0.1, 0.15) is 9.88 Å². The number of carbonyl (C=O) groups is 2. The lowest BCUT2D eigenvalue weighted by atomic mass is 10.1. The van der Waals surface area contributed by atoms with E-state index in [1.165, 1.54) is 19.9 Å². The number of nitrogens with one attached hydrogen (secondary N) is 1. The molecule has 0 bridgehead atoms. The van der Waals surface area contributed by atoms with Gasteiger partial charge in [0.05, 0.1) is 19.8 Å². The summed E-state index contributed by atoms with van der Waals surface area (Å²) in [6.45, 7) is 4.88. The lowest BCUT2D eigenvalue weighted by molar-refractivity contribution is 0.0601. The van der Waals surface area contributed by atoms with E-state index in [1.54, 1.807) is 6.92 Å². The number of para-hydroxylation sites is 1. The molecule has 0 amide bonds. The maximum Gasteiger partial charge on any atom is 0.348 e. The van der Waals surface area contributed by atoms with Gasteiger partial charge in [-0.25, -0.2) is 9.59 Å². The number of piperazine rings is 1. The molecule has 2 heterocycles. The molecule has 0 radical (unpaired) electrons. The zero-order chi connectivity index (χ0) is 21.0. The molecule has 9 heteroatoms. The van der Waals surface area contributed by atoms with E-state index in [0.717, 1.165) is 37.5 Å². The molecule has 0 atom stereocenters. The van der Waals surface area contributed by atoms with Crippen LogP contribution in [-0.2, 0) is 9.47 Å². The Morgan fingerprint density at radius 3 is 2.24 bits per heavy atom. The summed E-state index contributed by atoms with van der Waals surface area (Å²) in [5.41, 5.74) is 2.02. The van der Waals surface area contributed by atoms with E-state index in [2.05, 4.69) is 27.2 Å². The van der Waals surface area contributed by atoms with Crippen molar-refractivity contribution in [3.8, 4) is 0 Å². The molecule has 1 saturated heterocycles. The molecule has 3 rings (SSSR count). The number of thiocarbonyl (C=S) groups is 1. The smallest absolute Gasteiger partial charge is 0.348 e. The topological polar surface area (TPSA) is 71.1 Å². The molecule has 1 fully saturated rings. The Labute approximate surface area is 179 Å². The predicted molar refractivity (Wildman–Crippen MR) is 118 cm³/mol. The number of benzene rings is 1. The lowest BCUT2D eigenvalue weighted by Crippen LogP contribution is -2.50. The number of anilines is 2. The summed E-state index contributed by atoms with van der Waals surface area (Å²) in [7, 11) is 2.62. The van der Waals surface area contributed by atoms with E-state index in [0.29, 0.717) is 26.1 Å². The predicted octanol–water partition coefficient (Wildman–Crippen LogP) is 3.15. The van der Waals surface area contributed by atoms with Gasteiger partial charge in [-0.3, -0.25) is 0 Å². The molecule has 1 aliphatic heterocycles. The number of methoxy groups -OCH3 is 2. The fraction of sp³-hybridized carbons (Fsp3) is 0.350. The second-order valence-electron chi connectivity index (χ2n) is 6.48. The van der Waals surface area contributed by atoms with Crippen LogP contribution in [0.3, 0.4) is 0 Å². The molecule has 1 aromatic carbocycles. The number of carbonyl (C=O) groups excluding carboxylic acids is 2. The zero-order valence-corrected chi connectivity index (χ0v) is 18.2. The van der Waals surface area contributed by atoms with Gasteiger partial charge in [0.2, 0.25) is 0 Å². The fourth-order valence-corrected chi connectivity index (χ4v) is 4.68. The SMILES string of the molecule is COC(=O)c1sc(NC(=S)N2CCN(c3ccccc3)CC2)c(C(=O)OC)c1C. The quantitative estimate of drug-likeness (QED) is 0.583. The molecule has 0 unspecified atom stereocenters. The lowest BCUT2D eigenvalue weighted by Gasteiger charge is -2.37. The van der Waals surface area contributed by atoms with Gasteiger partial charge in [0.25, 0.3) is 0 Å². The number of hydrogen-bond acceptors (Lipinski definition) is 7. The third kappa shape index (κ3) is 4.51. The number of ether oxygens (including phenoxy) is 2. The van der Waals surface area contributed by atoms with Gasteiger partial charge in [-0.1, -0.05) is 18.2 Å². The van der Waals surface area contributed by atoms with Crippen molar-refractivity contribution in [2.24, 2.45) is 0 Å². The first-order valence-electron chi connectivity index (χ1n) is 9.12. The second kappa shape index (κ2) is 9.23. The Morgan fingerprint density at radius 2 is 1.66 bits per heavy atom. The van der Waals surface area contributed by atoms with Crippen LogP contribution in [0, 0.1) is 6.92 Å². The first-order valence-corrected chi connectivity index (χ1v) is 10.3. The number of hydrogen-bond donors (Lipinski definition) is 1. The standard InChI is InChI=1S/C20H23N3O4S2/c1-13-15(18(24)26-2)17(29-16(13)19(25)27-3)21-20(28)23-11-9-22(10-12-23)14-7-5-4-6-8-14/h4-8H,9-12H2,1-3H3,(H,21,28). The molecule has 1 N–H and O–H groups in total. The summed E-state index contributed by atoms with van der Waals surface area (Å²) in [5.74, 6) is -1.01. The Bertz CT molecular complexity index is 906. The molecule has 0 aliphatic carbocycles. The van der Waals surface area contributed by atoms with Crippen LogP contribution >= 0.6 is 23.6 Å². The third-order valence-corrected chi connectivity index (χ3v) is 6.36. The molecular weight excluding hydrogens is 410 g/mol. The van der Waals surface area contributed by atoms with E-state index < -0.39 is 11.9 Å². The number of nitrogens with zero attached hydrogens (tertiary/aromatic N) is 2. The number of esters is 2. The third-order valence-electron chi connectivity index (χ3n) is 4.82. The highest BCUT2D eigenvalue weighted by Crippen LogP contribution is 2.34. The second-order valence-corrected chi connectivity index (χ2v) is 7.89. The van der Waals surface area contributed by atoms with Crippen LogP contribution in [0.25, 0.3) is 0 Å². The average Bonchev–Trinajstić information content (AvgIpc) is 3.09. The maximum atomic E-state index is 12.3. The van der Waals surface area contributed by atoms with Crippen molar-refractivity contribution in [2.45, 2.75) is 6.92 Å². The molecule has 2 aromatic rings. The first kappa shape index (κ1) is 21.1. The van der Waals surface area contributed by atoms with E-state index in [1.807, 2.05) is 18.2 Å². The summed E-state index contributed by atoms with van der Waals surface area (Å²) in [6.07, 6.45) is 0. The monoisotopic (exact) mass is 433 g/mol. The highest BCUT2D eigenvalue weighted by molar-refractivity contribution is 7.80. The van der Waals surface area contributed by atoms with Gasteiger partial charge >= 0.3 is 11.9 Å². The first-order chi connectivity index (χ1) is 14.0. The molecule has 154 valence electrons. The van der Waals surface area contributed by atoms with Crippen molar-refractivity contribution in [3.05, 3.63) is 46.3 Å². The Balaban J connectivity index is 1.72. The summed E-state index contributed by atoms with van der Waals surface area (Å²) >= 11 is 6.72. The molecule has 0 saturated carbocycles.